The number of piperidine rings is 3. The molecule has 2 aromatic carbocycles. The van der Waals surface area contributed by atoms with E-state index >= 15 is 0 Å². The number of carbonyl (C=O) groups excluding carboxylic acids is 3. The van der Waals surface area contributed by atoms with Gasteiger partial charge >= 0.3 is 12.1 Å². The molecule has 1 unspecified atom stereocenters. The Kier molecular flexibility index (Phi) is 9.02. The number of aryl methyl sites for hydroxylation is 1. The molecule has 0 aliphatic carbocycles. The van der Waals surface area contributed by atoms with Crippen molar-refractivity contribution in [3.05, 3.63) is 59.0 Å². The highest BCUT2D eigenvalue weighted by Gasteiger charge is 2.37. The number of benzene rings is 2. The minimum absolute atomic E-state index is 0.0689. The molecule has 7 rings (SSSR count). The van der Waals surface area contributed by atoms with Crippen LogP contribution >= 0.6 is 0 Å². The number of nitrogens with one attached hydrogen (secondary N) is 2. The van der Waals surface area contributed by atoms with Crippen LogP contribution in [-0.2, 0) is 22.5 Å². The highest BCUT2D eigenvalue weighted by Crippen LogP contribution is 2.29. The van der Waals surface area contributed by atoms with E-state index in [-0.39, 0.29) is 30.2 Å². The van der Waals surface area contributed by atoms with E-state index in [4.69, 9.17) is 4.74 Å². The summed E-state index contributed by atoms with van der Waals surface area (Å²) in [6.07, 6.45) is 7.42. The lowest BCUT2D eigenvalue weighted by atomic mass is 9.98. The maximum atomic E-state index is 14.0. The average Bonchev–Trinajstić information content (AvgIpc) is 3.57. The Morgan fingerprint density at radius 3 is 2.45 bits per heavy atom. The van der Waals surface area contributed by atoms with Crippen LogP contribution in [0.1, 0.15) is 61.6 Å². The molecule has 4 aliphatic rings. The van der Waals surface area contributed by atoms with E-state index in [0.29, 0.717) is 57.3 Å². The van der Waals surface area contributed by atoms with Crippen LogP contribution in [0.2, 0.25) is 0 Å². The minimum atomic E-state index is -0.944. The summed E-state index contributed by atoms with van der Waals surface area (Å²) in [6.45, 7) is 6.81. The maximum Gasteiger partial charge on any atom is 0.410 e. The normalized spacial score (nSPS) is 20.6. The van der Waals surface area contributed by atoms with Gasteiger partial charge in [0.15, 0.2) is 6.10 Å². The van der Waals surface area contributed by atoms with Gasteiger partial charge in [-0.3, -0.25) is 9.89 Å². The first-order chi connectivity index (χ1) is 22.8. The predicted octanol–water partition coefficient (Wildman–Crippen LogP) is 5.05. The lowest BCUT2D eigenvalue weighted by Crippen LogP contribution is -2.53. The third-order valence-electron chi connectivity index (χ3n) is 10.5. The number of halogens is 1. The number of H-pyrrole nitrogens is 1. The van der Waals surface area contributed by atoms with Gasteiger partial charge in [0.25, 0.3) is 5.91 Å². The second kappa shape index (κ2) is 13.5. The molecule has 3 aromatic rings. The number of hydrogen-bond acceptors (Lipinski definition) is 6. The molecule has 2 N–H and O–H groups in total. The zero-order valence-electron chi connectivity index (χ0n) is 27.0. The number of fused-ring (bicyclic) bond motifs is 2. The van der Waals surface area contributed by atoms with Crippen LogP contribution in [0.5, 0.6) is 0 Å². The van der Waals surface area contributed by atoms with Gasteiger partial charge in [0, 0.05) is 56.6 Å². The Morgan fingerprint density at radius 2 is 1.68 bits per heavy atom. The number of nitrogens with zero attached hydrogens (tertiary/aromatic N) is 5. The van der Waals surface area contributed by atoms with Crippen molar-refractivity contribution >= 4 is 34.6 Å². The molecule has 0 radical (unpaired) electrons. The van der Waals surface area contributed by atoms with Crippen LogP contribution in [-0.4, -0.2) is 105 Å². The quantitative estimate of drug-likeness (QED) is 0.388. The molecule has 3 saturated heterocycles. The third kappa shape index (κ3) is 6.79. The van der Waals surface area contributed by atoms with Crippen molar-refractivity contribution in [1.29, 1.82) is 0 Å². The highest BCUT2D eigenvalue weighted by molar-refractivity contribution is 5.92. The van der Waals surface area contributed by atoms with Crippen molar-refractivity contribution in [1.82, 2.24) is 29.8 Å². The van der Waals surface area contributed by atoms with Crippen molar-refractivity contribution in [3.8, 4) is 0 Å². The van der Waals surface area contributed by atoms with Crippen molar-refractivity contribution in [3.63, 3.8) is 0 Å². The van der Waals surface area contributed by atoms with E-state index in [9.17, 15) is 18.8 Å². The van der Waals surface area contributed by atoms with Gasteiger partial charge in [-0.15, -0.1) is 0 Å². The number of rotatable bonds is 6. The van der Waals surface area contributed by atoms with Gasteiger partial charge in [-0.2, -0.15) is 5.10 Å². The molecule has 250 valence electrons. The van der Waals surface area contributed by atoms with Crippen LogP contribution < -0.4 is 5.32 Å². The first-order valence-corrected chi connectivity index (χ1v) is 17.1. The average molecular weight is 646 g/mol. The fourth-order valence-electron chi connectivity index (χ4n) is 7.86. The Balaban J connectivity index is 1.01. The Labute approximate surface area is 274 Å². The molecule has 11 nitrogen and oxygen atoms in total. The maximum absolute atomic E-state index is 14.0. The van der Waals surface area contributed by atoms with Crippen molar-refractivity contribution in [2.75, 3.05) is 44.6 Å². The molecule has 0 saturated carbocycles. The monoisotopic (exact) mass is 645 g/mol. The third-order valence-corrected chi connectivity index (χ3v) is 10.5. The van der Waals surface area contributed by atoms with Gasteiger partial charge < -0.3 is 29.7 Å². The number of aromatic amines is 1. The van der Waals surface area contributed by atoms with E-state index in [1.54, 1.807) is 22.1 Å². The van der Waals surface area contributed by atoms with Crippen LogP contribution in [0.25, 0.3) is 10.9 Å². The second-order valence-corrected chi connectivity index (χ2v) is 13.6. The molecule has 4 amide bonds. The largest absolute Gasteiger partial charge is 0.436 e. The zero-order chi connectivity index (χ0) is 32.5. The van der Waals surface area contributed by atoms with Crippen molar-refractivity contribution in [2.24, 2.45) is 0 Å². The summed E-state index contributed by atoms with van der Waals surface area (Å²) >= 11 is 0. The molecule has 1 atom stereocenters. The number of carbonyl (C=O) groups is 3. The summed E-state index contributed by atoms with van der Waals surface area (Å²) < 4.78 is 19.7. The number of hydrogen-bond donors (Lipinski definition) is 2. The lowest BCUT2D eigenvalue weighted by molar-refractivity contribution is -0.142. The molecular weight excluding hydrogens is 601 g/mol. The lowest BCUT2D eigenvalue weighted by Gasteiger charge is -2.41. The molecular formula is C35H44FN7O4. The number of anilines is 1. The number of ether oxygens (including phenoxy) is 1. The van der Waals surface area contributed by atoms with Gasteiger partial charge in [-0.05, 0) is 93.4 Å². The van der Waals surface area contributed by atoms with E-state index in [0.717, 1.165) is 53.5 Å². The topological polar surface area (TPSA) is 114 Å². The van der Waals surface area contributed by atoms with Crippen LogP contribution in [0.4, 0.5) is 19.7 Å². The van der Waals surface area contributed by atoms with Crippen LogP contribution in [0.3, 0.4) is 0 Å². The van der Waals surface area contributed by atoms with E-state index in [1.165, 1.54) is 31.4 Å². The SMILES string of the molecule is Cc1cc(CC(OC(=O)N2CCC(N3Cc4ccc(F)cc4NC3=O)CC2)C(=O)N2CCC(N3CCCCC3)CC2)cc2cn[nH]c12. The van der Waals surface area contributed by atoms with E-state index in [2.05, 4.69) is 20.4 Å². The van der Waals surface area contributed by atoms with Crippen LogP contribution in [0.15, 0.2) is 36.5 Å². The van der Waals surface area contributed by atoms with Crippen molar-refractivity contribution < 1.29 is 23.5 Å². The van der Waals surface area contributed by atoms with E-state index < -0.39 is 12.2 Å². The zero-order valence-corrected chi connectivity index (χ0v) is 27.0. The van der Waals surface area contributed by atoms with Crippen LogP contribution in [0, 0.1) is 12.7 Å². The van der Waals surface area contributed by atoms with E-state index in [1.807, 2.05) is 24.0 Å². The summed E-state index contributed by atoms with van der Waals surface area (Å²) in [4.78, 5) is 48.4. The van der Waals surface area contributed by atoms with Gasteiger partial charge in [-0.1, -0.05) is 18.6 Å². The fraction of sp³-hybridized carbons (Fsp3) is 0.543. The molecule has 3 fully saturated rings. The van der Waals surface area contributed by atoms with Gasteiger partial charge in [-0.25, -0.2) is 14.0 Å². The Morgan fingerprint density at radius 1 is 0.957 bits per heavy atom. The minimum Gasteiger partial charge on any atom is -0.436 e. The standard InChI is InChI=1S/C35H44FN7O4/c1-23-17-24(18-26-21-37-39-32(23)26)19-31(33(44)41-13-7-28(8-14-41)40-11-3-2-4-12-40)47-35(46)42-15-9-29(10-16-42)43-22-25-5-6-27(36)20-30(25)38-34(43)45/h5-6,17-18,20-21,28-29,31H,2-4,7-16,19,22H2,1H3,(H,37,39)(H,38,45). The van der Waals surface area contributed by atoms with Gasteiger partial charge in [0.1, 0.15) is 5.82 Å². The number of amides is 4. The molecule has 1 aromatic heterocycles. The summed E-state index contributed by atoms with van der Waals surface area (Å²) in [5.41, 5.74) is 4.25. The molecule has 0 spiro atoms. The molecule has 47 heavy (non-hydrogen) atoms. The first-order valence-electron chi connectivity index (χ1n) is 17.1. The predicted molar refractivity (Wildman–Crippen MR) is 175 cm³/mol. The first kappa shape index (κ1) is 31.4. The number of urea groups is 1. The molecule has 5 heterocycles. The number of likely N-dealkylation sites (tertiary alicyclic amines) is 3. The smallest absolute Gasteiger partial charge is 0.410 e. The Bertz CT molecular complexity index is 1620. The van der Waals surface area contributed by atoms with Crippen molar-refractivity contribution in [2.45, 2.75) is 83.0 Å². The molecule has 4 aliphatic heterocycles. The molecule has 12 heteroatoms. The summed E-state index contributed by atoms with van der Waals surface area (Å²) in [5, 5.41) is 10.9. The summed E-state index contributed by atoms with van der Waals surface area (Å²) in [6, 6.07) is 8.64. The second-order valence-electron chi connectivity index (χ2n) is 13.6. The molecule has 0 bridgehead atoms. The van der Waals surface area contributed by atoms with Gasteiger partial charge in [0.05, 0.1) is 17.4 Å². The summed E-state index contributed by atoms with van der Waals surface area (Å²) in [7, 11) is 0. The Hall–Kier alpha value is -4.19. The highest BCUT2D eigenvalue weighted by atomic mass is 19.1. The fourth-order valence-corrected chi connectivity index (χ4v) is 7.86. The van der Waals surface area contributed by atoms with Gasteiger partial charge in [0.2, 0.25) is 0 Å². The number of aromatic nitrogens is 2. The summed E-state index contributed by atoms with van der Waals surface area (Å²) in [5.74, 6) is -0.532.